The maximum absolute atomic E-state index is 12.6. The van der Waals surface area contributed by atoms with E-state index in [0.717, 1.165) is 0 Å². The van der Waals surface area contributed by atoms with Gasteiger partial charge in [-0.1, -0.05) is 6.08 Å². The highest BCUT2D eigenvalue weighted by Gasteiger charge is 2.50. The molecule has 1 aliphatic rings. The van der Waals surface area contributed by atoms with Crippen molar-refractivity contribution in [2.45, 2.75) is 71.9 Å². The Hall–Kier alpha value is -3.29. The van der Waals surface area contributed by atoms with Crippen molar-refractivity contribution in [2.24, 2.45) is 0 Å². The zero-order chi connectivity index (χ0) is 23.8. The number of carbonyl (C=O) groups excluding carboxylic acids is 2. The fourth-order valence-corrected chi connectivity index (χ4v) is 3.38. The second kappa shape index (κ2) is 8.33. The third-order valence-corrected chi connectivity index (χ3v) is 5.01. The van der Waals surface area contributed by atoms with E-state index in [4.69, 9.17) is 23.4 Å². The summed E-state index contributed by atoms with van der Waals surface area (Å²) in [4.78, 5) is 37.2. The van der Waals surface area contributed by atoms with Gasteiger partial charge in [-0.3, -0.25) is 0 Å². The molecule has 32 heavy (non-hydrogen) atoms. The number of carbonyl (C=O) groups is 2. The Morgan fingerprint density at radius 2 is 1.75 bits per heavy atom. The first-order valence-corrected chi connectivity index (χ1v) is 10.3. The highest BCUT2D eigenvalue weighted by atomic mass is 16.7. The minimum absolute atomic E-state index is 0.183. The summed E-state index contributed by atoms with van der Waals surface area (Å²) in [6.45, 7) is 11.9. The Kier molecular flexibility index (Phi) is 6.09. The Bertz CT molecular complexity index is 1130. The number of esters is 1. The van der Waals surface area contributed by atoms with Crippen molar-refractivity contribution in [3.05, 3.63) is 51.9 Å². The van der Waals surface area contributed by atoms with Gasteiger partial charge in [-0.05, 0) is 66.7 Å². The molecule has 1 aromatic carbocycles. The van der Waals surface area contributed by atoms with Gasteiger partial charge in [0.1, 0.15) is 22.5 Å². The lowest BCUT2D eigenvalue weighted by Gasteiger charge is -2.43. The van der Waals surface area contributed by atoms with Crippen LogP contribution in [0.4, 0.5) is 4.79 Å². The first-order valence-electron chi connectivity index (χ1n) is 10.3. The molecule has 172 valence electrons. The zero-order valence-electron chi connectivity index (χ0n) is 19.3. The summed E-state index contributed by atoms with van der Waals surface area (Å²) < 4.78 is 28.4. The summed E-state index contributed by atoms with van der Waals surface area (Å²) in [6.07, 6.45) is -1.54. The van der Waals surface area contributed by atoms with Gasteiger partial charge in [0.05, 0.1) is 5.56 Å². The minimum atomic E-state index is -1.15. The van der Waals surface area contributed by atoms with Crippen molar-refractivity contribution >= 4 is 23.1 Å². The number of fused-ring (bicyclic) bond motifs is 3. The maximum Gasteiger partial charge on any atom is 0.509 e. The number of allylic oxidation sites excluding steroid dienone is 1. The van der Waals surface area contributed by atoms with Gasteiger partial charge >= 0.3 is 17.8 Å². The zero-order valence-corrected chi connectivity index (χ0v) is 19.3. The van der Waals surface area contributed by atoms with Crippen molar-refractivity contribution in [1.29, 1.82) is 0 Å². The summed E-state index contributed by atoms with van der Waals surface area (Å²) in [5.74, 6) is -0.238. The molecule has 8 heteroatoms. The number of rotatable bonds is 3. The summed E-state index contributed by atoms with van der Waals surface area (Å²) in [6, 6.07) is 6.31. The van der Waals surface area contributed by atoms with Crippen LogP contribution >= 0.6 is 0 Å². The van der Waals surface area contributed by atoms with E-state index in [1.54, 1.807) is 72.7 Å². The van der Waals surface area contributed by atoms with Gasteiger partial charge < -0.3 is 23.4 Å². The first kappa shape index (κ1) is 23.4. The molecule has 8 nitrogen and oxygen atoms in total. The molecule has 0 radical (unpaired) electrons. The predicted octanol–water partition coefficient (Wildman–Crippen LogP) is 4.83. The van der Waals surface area contributed by atoms with Gasteiger partial charge in [-0.2, -0.15) is 0 Å². The van der Waals surface area contributed by atoms with Crippen LogP contribution in [-0.4, -0.2) is 29.4 Å². The lowest BCUT2D eigenvalue weighted by Crippen LogP contribution is -2.52. The monoisotopic (exact) mass is 444 g/mol. The molecule has 0 spiro atoms. The van der Waals surface area contributed by atoms with E-state index in [-0.39, 0.29) is 5.58 Å². The molecule has 0 N–H and O–H groups in total. The molecule has 2 atom stereocenters. The van der Waals surface area contributed by atoms with Crippen LogP contribution in [0.25, 0.3) is 11.0 Å². The number of ether oxygens (including phenoxy) is 4. The molecule has 0 bridgehead atoms. The van der Waals surface area contributed by atoms with Crippen molar-refractivity contribution < 1.29 is 33.0 Å². The molecule has 1 aliphatic heterocycles. The lowest BCUT2D eigenvalue weighted by atomic mass is 9.87. The van der Waals surface area contributed by atoms with Crippen LogP contribution in [0.15, 0.2) is 45.1 Å². The SMILES string of the molecule is C/C=C(/C)C(=O)O[C@H]1[C@@H](OC(=O)OC(C)(C)C)c2c(ccc3ccc(=O)oc23)OC1(C)C. The van der Waals surface area contributed by atoms with Crippen LogP contribution < -0.4 is 10.4 Å². The number of benzene rings is 1. The van der Waals surface area contributed by atoms with E-state index in [2.05, 4.69) is 0 Å². The summed E-state index contributed by atoms with van der Waals surface area (Å²) >= 11 is 0. The molecule has 2 aromatic rings. The van der Waals surface area contributed by atoms with Crippen molar-refractivity contribution in [1.82, 2.24) is 0 Å². The topological polar surface area (TPSA) is 101 Å². The third-order valence-electron chi connectivity index (χ3n) is 5.01. The predicted molar refractivity (Wildman–Crippen MR) is 117 cm³/mol. The van der Waals surface area contributed by atoms with E-state index >= 15 is 0 Å². The van der Waals surface area contributed by atoms with Crippen LogP contribution in [0, 0.1) is 0 Å². The van der Waals surface area contributed by atoms with Crippen molar-refractivity contribution in [3.8, 4) is 5.75 Å². The Balaban J connectivity index is 2.18. The van der Waals surface area contributed by atoms with E-state index in [1.807, 2.05) is 0 Å². The first-order chi connectivity index (χ1) is 14.8. The molecular weight excluding hydrogens is 416 g/mol. The molecule has 0 unspecified atom stereocenters. The standard InChI is InChI=1S/C24H28O8/c1-8-13(2)21(26)30-20-19(29-22(27)32-23(3,4)5)17-15(31-24(20,6)7)11-9-14-10-12-16(25)28-18(14)17/h8-12,19-20H,1-7H3/b13-8-/t19-,20-/m0/s1. The molecule has 3 rings (SSSR count). The van der Waals surface area contributed by atoms with Crippen LogP contribution in [0.5, 0.6) is 5.75 Å². The molecule has 0 amide bonds. The van der Waals surface area contributed by atoms with Crippen LogP contribution in [0.3, 0.4) is 0 Å². The maximum atomic E-state index is 12.6. The molecule has 1 aromatic heterocycles. The van der Waals surface area contributed by atoms with Gasteiger partial charge in [-0.25, -0.2) is 14.4 Å². The summed E-state index contributed by atoms with van der Waals surface area (Å²) in [5.41, 5.74) is -1.60. The molecule has 2 heterocycles. The van der Waals surface area contributed by atoms with Gasteiger partial charge in [0.15, 0.2) is 12.2 Å². The fraction of sp³-hybridized carbons (Fsp3) is 0.458. The third kappa shape index (κ3) is 4.79. The van der Waals surface area contributed by atoms with Gasteiger partial charge in [-0.15, -0.1) is 0 Å². The van der Waals surface area contributed by atoms with Crippen LogP contribution in [0.1, 0.15) is 60.1 Å². The van der Waals surface area contributed by atoms with E-state index in [9.17, 15) is 14.4 Å². The average molecular weight is 444 g/mol. The number of hydrogen-bond acceptors (Lipinski definition) is 8. The van der Waals surface area contributed by atoms with Crippen LogP contribution in [-0.2, 0) is 19.0 Å². The van der Waals surface area contributed by atoms with E-state index in [1.165, 1.54) is 6.07 Å². The lowest BCUT2D eigenvalue weighted by molar-refractivity contribution is -0.177. The summed E-state index contributed by atoms with van der Waals surface area (Å²) in [7, 11) is 0. The minimum Gasteiger partial charge on any atom is -0.483 e. The normalized spacial score (nSPS) is 20.2. The molecule has 0 saturated heterocycles. The second-order valence-corrected chi connectivity index (χ2v) is 9.16. The molecular formula is C24H28O8. The van der Waals surface area contributed by atoms with Gasteiger partial charge in [0.25, 0.3) is 0 Å². The van der Waals surface area contributed by atoms with Crippen molar-refractivity contribution in [2.75, 3.05) is 0 Å². The van der Waals surface area contributed by atoms with Gasteiger partial charge in [0, 0.05) is 17.0 Å². The summed E-state index contributed by atoms with van der Waals surface area (Å²) in [5, 5.41) is 0.596. The highest BCUT2D eigenvalue weighted by Crippen LogP contribution is 2.46. The van der Waals surface area contributed by atoms with E-state index in [0.29, 0.717) is 22.3 Å². The van der Waals surface area contributed by atoms with Crippen molar-refractivity contribution in [3.63, 3.8) is 0 Å². The largest absolute Gasteiger partial charge is 0.509 e. The smallest absolute Gasteiger partial charge is 0.483 e. The second-order valence-electron chi connectivity index (χ2n) is 9.16. The number of hydrogen-bond donors (Lipinski definition) is 0. The highest BCUT2D eigenvalue weighted by molar-refractivity contribution is 5.88. The van der Waals surface area contributed by atoms with Gasteiger partial charge in [0.2, 0.25) is 0 Å². The quantitative estimate of drug-likeness (QED) is 0.377. The Morgan fingerprint density at radius 3 is 2.38 bits per heavy atom. The average Bonchev–Trinajstić information content (AvgIpc) is 2.67. The van der Waals surface area contributed by atoms with Crippen LogP contribution in [0.2, 0.25) is 0 Å². The Morgan fingerprint density at radius 1 is 1.09 bits per heavy atom. The fourth-order valence-electron chi connectivity index (χ4n) is 3.38. The Labute approximate surface area is 186 Å². The molecule has 0 fully saturated rings. The molecule has 0 aliphatic carbocycles. The molecule has 0 saturated carbocycles. The van der Waals surface area contributed by atoms with E-state index < -0.39 is 41.2 Å².